The number of aromatic nitrogens is 2. The van der Waals surface area contributed by atoms with Crippen molar-refractivity contribution >= 4 is 0 Å². The molecule has 0 unspecified atom stereocenters. The normalized spacial score (nSPS) is 21.1. The van der Waals surface area contributed by atoms with E-state index in [9.17, 15) is 0 Å². The molecule has 1 N–H and O–H groups in total. The van der Waals surface area contributed by atoms with Crippen LogP contribution < -0.4 is 5.32 Å². The highest BCUT2D eigenvalue weighted by molar-refractivity contribution is 5.21. The molecule has 100 valence electrons. The van der Waals surface area contributed by atoms with Crippen LogP contribution in [0.5, 0.6) is 0 Å². The number of rotatable bonds is 4. The van der Waals surface area contributed by atoms with Crippen molar-refractivity contribution in [1.29, 1.82) is 0 Å². The summed E-state index contributed by atoms with van der Waals surface area (Å²) in [5.74, 6) is 2.09. The topological polar surface area (TPSA) is 29.9 Å². The minimum atomic E-state index is 0.573. The average molecular weight is 247 g/mol. The van der Waals surface area contributed by atoms with Gasteiger partial charge < -0.3 is 9.88 Å². The Morgan fingerprint density at radius 2 is 2.17 bits per heavy atom. The van der Waals surface area contributed by atoms with Crippen LogP contribution in [0.25, 0.3) is 0 Å². The predicted molar refractivity (Wildman–Crippen MR) is 73.5 cm³/mol. The van der Waals surface area contributed by atoms with Gasteiger partial charge in [0, 0.05) is 38.2 Å². The molecule has 0 spiro atoms. The maximum atomic E-state index is 4.84. The first-order chi connectivity index (χ1) is 8.66. The van der Waals surface area contributed by atoms with E-state index in [1.54, 1.807) is 0 Å². The number of nitrogens with zero attached hydrogens (tertiary/aromatic N) is 2. The van der Waals surface area contributed by atoms with Gasteiger partial charge in [0.05, 0.1) is 5.69 Å². The van der Waals surface area contributed by atoms with Crippen LogP contribution in [0.3, 0.4) is 0 Å². The number of nitrogens with one attached hydrogen (secondary N) is 1. The van der Waals surface area contributed by atoms with Crippen molar-refractivity contribution in [3.63, 3.8) is 0 Å². The first kappa shape index (κ1) is 12.2. The van der Waals surface area contributed by atoms with Crippen LogP contribution in [0.4, 0.5) is 0 Å². The molecule has 1 aliphatic carbocycles. The molecule has 1 aliphatic heterocycles. The third kappa shape index (κ3) is 1.89. The van der Waals surface area contributed by atoms with Gasteiger partial charge in [-0.3, -0.25) is 0 Å². The number of imidazole rings is 1. The molecule has 18 heavy (non-hydrogen) atoms. The minimum Gasteiger partial charge on any atom is -0.331 e. The van der Waals surface area contributed by atoms with E-state index in [0.29, 0.717) is 5.41 Å². The summed E-state index contributed by atoms with van der Waals surface area (Å²) in [4.78, 5) is 4.84. The van der Waals surface area contributed by atoms with Gasteiger partial charge in [0.1, 0.15) is 5.82 Å². The summed E-state index contributed by atoms with van der Waals surface area (Å²) < 4.78 is 2.56. The zero-order valence-electron chi connectivity index (χ0n) is 11.9. The van der Waals surface area contributed by atoms with E-state index in [4.69, 9.17) is 4.98 Å². The maximum Gasteiger partial charge on any atom is 0.108 e. The first-order valence-electron chi connectivity index (χ1n) is 7.44. The molecule has 1 saturated carbocycles. The average Bonchev–Trinajstić information content (AvgIpc) is 3.07. The molecule has 1 aromatic rings. The fraction of sp³-hybridized carbons (Fsp3) is 0.800. The van der Waals surface area contributed by atoms with Gasteiger partial charge >= 0.3 is 0 Å². The van der Waals surface area contributed by atoms with Gasteiger partial charge in [-0.25, -0.2) is 4.98 Å². The molecule has 3 heteroatoms. The third-order valence-corrected chi connectivity index (χ3v) is 4.97. The van der Waals surface area contributed by atoms with Crippen LogP contribution in [0.15, 0.2) is 0 Å². The summed E-state index contributed by atoms with van der Waals surface area (Å²) in [7, 11) is 0. The van der Waals surface area contributed by atoms with Gasteiger partial charge in [-0.2, -0.15) is 0 Å². The van der Waals surface area contributed by atoms with Crippen molar-refractivity contribution in [2.75, 3.05) is 6.54 Å². The van der Waals surface area contributed by atoms with E-state index in [0.717, 1.165) is 31.8 Å². The lowest BCUT2D eigenvalue weighted by molar-refractivity contribution is 0.300. The Balaban J connectivity index is 1.93. The van der Waals surface area contributed by atoms with Crippen LogP contribution in [0.2, 0.25) is 0 Å². The minimum absolute atomic E-state index is 0.573. The highest BCUT2D eigenvalue weighted by Crippen LogP contribution is 2.53. The molecule has 2 heterocycles. The second-order valence-corrected chi connectivity index (χ2v) is 6.30. The van der Waals surface area contributed by atoms with Crippen LogP contribution in [0, 0.1) is 11.3 Å². The summed E-state index contributed by atoms with van der Waals surface area (Å²) in [5, 5.41) is 3.43. The molecule has 0 radical (unpaired) electrons. The van der Waals surface area contributed by atoms with Crippen molar-refractivity contribution in [3.8, 4) is 0 Å². The quantitative estimate of drug-likeness (QED) is 0.886. The molecule has 2 aliphatic rings. The van der Waals surface area contributed by atoms with Crippen molar-refractivity contribution in [2.45, 2.75) is 59.5 Å². The Labute approximate surface area is 110 Å². The molecule has 0 aromatic carbocycles. The van der Waals surface area contributed by atoms with E-state index in [-0.39, 0.29) is 0 Å². The fourth-order valence-corrected chi connectivity index (χ4v) is 3.28. The molecule has 0 amide bonds. The highest BCUT2D eigenvalue weighted by Gasteiger charge is 2.46. The maximum absolute atomic E-state index is 4.84. The van der Waals surface area contributed by atoms with E-state index in [1.165, 1.54) is 36.6 Å². The van der Waals surface area contributed by atoms with Gasteiger partial charge in [-0.05, 0) is 24.2 Å². The molecular formula is C15H25N3. The molecular weight excluding hydrogens is 222 g/mol. The molecule has 0 saturated heterocycles. The Hall–Kier alpha value is -0.830. The molecule has 3 nitrogen and oxygen atoms in total. The van der Waals surface area contributed by atoms with Crippen molar-refractivity contribution in [3.05, 3.63) is 17.2 Å². The van der Waals surface area contributed by atoms with Crippen LogP contribution in [-0.2, 0) is 25.9 Å². The summed E-state index contributed by atoms with van der Waals surface area (Å²) in [6.07, 6.45) is 5.01. The number of fused-ring (bicyclic) bond motifs is 1. The number of hydrogen-bond donors (Lipinski definition) is 1. The molecule has 0 bridgehead atoms. The van der Waals surface area contributed by atoms with E-state index < -0.39 is 0 Å². The lowest BCUT2D eigenvalue weighted by Gasteiger charge is -2.24. The Morgan fingerprint density at radius 3 is 2.78 bits per heavy atom. The standard InChI is InChI=1S/C15H25N3/c1-4-14-17-12-9-16-8-5-13(12)18(14)10-15(6-7-15)11(2)3/h11,16H,4-10H2,1-3H3. The largest absolute Gasteiger partial charge is 0.331 e. The van der Waals surface area contributed by atoms with Crippen LogP contribution in [0.1, 0.15) is 50.8 Å². The number of aryl methyl sites for hydroxylation is 1. The van der Waals surface area contributed by atoms with Crippen molar-refractivity contribution < 1.29 is 0 Å². The SMILES string of the molecule is CCc1nc2c(n1CC1(C(C)C)CC1)CCNC2. The first-order valence-corrected chi connectivity index (χ1v) is 7.44. The van der Waals surface area contributed by atoms with Gasteiger partial charge in [-0.1, -0.05) is 20.8 Å². The zero-order chi connectivity index (χ0) is 12.8. The lowest BCUT2D eigenvalue weighted by Crippen LogP contribution is -2.27. The van der Waals surface area contributed by atoms with Crippen LogP contribution >= 0.6 is 0 Å². The fourth-order valence-electron chi connectivity index (χ4n) is 3.28. The molecule has 1 aromatic heterocycles. The van der Waals surface area contributed by atoms with Gasteiger partial charge in [0.25, 0.3) is 0 Å². The van der Waals surface area contributed by atoms with Crippen molar-refractivity contribution in [1.82, 2.24) is 14.9 Å². The second kappa shape index (κ2) is 4.37. The second-order valence-electron chi connectivity index (χ2n) is 6.30. The molecule has 1 fully saturated rings. The lowest BCUT2D eigenvalue weighted by atomic mass is 9.92. The van der Waals surface area contributed by atoms with E-state index >= 15 is 0 Å². The smallest absolute Gasteiger partial charge is 0.108 e. The summed E-state index contributed by atoms with van der Waals surface area (Å²) >= 11 is 0. The van der Waals surface area contributed by atoms with Gasteiger partial charge in [-0.15, -0.1) is 0 Å². The number of hydrogen-bond acceptors (Lipinski definition) is 2. The van der Waals surface area contributed by atoms with E-state index in [2.05, 4.69) is 30.7 Å². The monoisotopic (exact) mass is 247 g/mol. The Bertz CT molecular complexity index is 441. The predicted octanol–water partition coefficient (Wildman–Crippen LogP) is 2.53. The zero-order valence-corrected chi connectivity index (χ0v) is 11.9. The Morgan fingerprint density at radius 1 is 1.39 bits per heavy atom. The van der Waals surface area contributed by atoms with Crippen LogP contribution in [-0.4, -0.2) is 16.1 Å². The summed E-state index contributed by atoms with van der Waals surface area (Å²) in [6, 6.07) is 0. The van der Waals surface area contributed by atoms with Gasteiger partial charge in [0.15, 0.2) is 0 Å². The molecule has 3 rings (SSSR count). The van der Waals surface area contributed by atoms with E-state index in [1.807, 2.05) is 0 Å². The molecule has 0 atom stereocenters. The highest BCUT2D eigenvalue weighted by atomic mass is 15.1. The van der Waals surface area contributed by atoms with Gasteiger partial charge in [0.2, 0.25) is 0 Å². The third-order valence-electron chi connectivity index (χ3n) is 4.97. The summed E-state index contributed by atoms with van der Waals surface area (Å²) in [6.45, 7) is 10.3. The Kier molecular flexibility index (Phi) is 2.97. The summed E-state index contributed by atoms with van der Waals surface area (Å²) in [5.41, 5.74) is 3.39. The van der Waals surface area contributed by atoms with Crippen molar-refractivity contribution in [2.24, 2.45) is 11.3 Å².